The standard InChI is InChI=1S/C19H24N2O4S/c1-12-20-19(13-6-7-15(23-2)16(9-13)24-3)17(26-12)10-18(22)21-14-5-4-8-25-11-14/h6-7,9,14H,4-5,8,10-11H2,1-3H3,(H,21,22)/t14-/m0/s1. The quantitative estimate of drug-likeness (QED) is 0.839. The number of nitrogens with one attached hydrogen (secondary N) is 1. The molecule has 26 heavy (non-hydrogen) atoms. The van der Waals surface area contributed by atoms with Crippen LogP contribution in [0.3, 0.4) is 0 Å². The summed E-state index contributed by atoms with van der Waals surface area (Å²) in [6, 6.07) is 5.79. The smallest absolute Gasteiger partial charge is 0.225 e. The Morgan fingerprint density at radius 2 is 2.15 bits per heavy atom. The zero-order chi connectivity index (χ0) is 18.5. The number of carbonyl (C=O) groups excluding carboxylic acids is 1. The molecule has 1 saturated heterocycles. The summed E-state index contributed by atoms with van der Waals surface area (Å²) < 4.78 is 16.1. The lowest BCUT2D eigenvalue weighted by molar-refractivity contribution is -0.122. The van der Waals surface area contributed by atoms with E-state index in [-0.39, 0.29) is 11.9 Å². The van der Waals surface area contributed by atoms with Gasteiger partial charge in [-0.1, -0.05) is 0 Å². The fourth-order valence-electron chi connectivity index (χ4n) is 3.08. The van der Waals surface area contributed by atoms with Crippen LogP contribution in [0.5, 0.6) is 11.5 Å². The molecule has 140 valence electrons. The van der Waals surface area contributed by atoms with Crippen molar-refractivity contribution < 1.29 is 19.0 Å². The number of hydrogen-bond donors (Lipinski definition) is 1. The lowest BCUT2D eigenvalue weighted by Gasteiger charge is -2.23. The number of benzene rings is 1. The van der Waals surface area contributed by atoms with Gasteiger partial charge in [-0.3, -0.25) is 4.79 Å². The second kappa shape index (κ2) is 8.51. The SMILES string of the molecule is COc1ccc(-c2nc(C)sc2CC(=O)N[C@H]2CCCOC2)cc1OC. The summed E-state index contributed by atoms with van der Waals surface area (Å²) in [5.74, 6) is 1.32. The minimum atomic E-state index is 0.00544. The van der Waals surface area contributed by atoms with Crippen molar-refractivity contribution in [2.75, 3.05) is 27.4 Å². The van der Waals surface area contributed by atoms with Crippen molar-refractivity contribution in [2.45, 2.75) is 32.2 Å². The molecule has 0 spiro atoms. The van der Waals surface area contributed by atoms with E-state index in [2.05, 4.69) is 10.3 Å². The van der Waals surface area contributed by atoms with Crippen LogP contribution in [0.2, 0.25) is 0 Å². The van der Waals surface area contributed by atoms with E-state index in [9.17, 15) is 4.79 Å². The maximum atomic E-state index is 12.5. The minimum absolute atomic E-state index is 0.00544. The largest absolute Gasteiger partial charge is 0.493 e. The number of aryl methyl sites for hydroxylation is 1. The van der Waals surface area contributed by atoms with Crippen molar-refractivity contribution >= 4 is 17.2 Å². The Labute approximate surface area is 157 Å². The topological polar surface area (TPSA) is 69.7 Å². The third-order valence-corrected chi connectivity index (χ3v) is 5.28. The van der Waals surface area contributed by atoms with E-state index in [1.165, 1.54) is 0 Å². The van der Waals surface area contributed by atoms with Crippen molar-refractivity contribution in [1.29, 1.82) is 0 Å². The first-order chi connectivity index (χ1) is 12.6. The van der Waals surface area contributed by atoms with Crippen LogP contribution in [-0.4, -0.2) is 44.4 Å². The predicted molar refractivity (Wildman–Crippen MR) is 101 cm³/mol. The van der Waals surface area contributed by atoms with Crippen molar-refractivity contribution in [1.82, 2.24) is 10.3 Å². The second-order valence-corrected chi connectivity index (χ2v) is 7.52. The zero-order valence-corrected chi connectivity index (χ0v) is 16.1. The fourth-order valence-corrected chi connectivity index (χ4v) is 4.03. The molecule has 6 nitrogen and oxygen atoms in total. The van der Waals surface area contributed by atoms with Gasteiger partial charge in [0.05, 0.1) is 44.0 Å². The lowest BCUT2D eigenvalue weighted by atomic mass is 10.1. The van der Waals surface area contributed by atoms with Crippen molar-refractivity contribution in [3.05, 3.63) is 28.1 Å². The summed E-state index contributed by atoms with van der Waals surface area (Å²) in [6.45, 7) is 3.32. The average Bonchev–Trinajstić information content (AvgIpc) is 3.01. The van der Waals surface area contributed by atoms with Gasteiger partial charge < -0.3 is 19.5 Å². The first-order valence-corrected chi connectivity index (χ1v) is 9.48. The summed E-state index contributed by atoms with van der Waals surface area (Å²) >= 11 is 1.55. The van der Waals surface area contributed by atoms with E-state index in [0.29, 0.717) is 24.5 Å². The average molecular weight is 376 g/mol. The fraction of sp³-hybridized carbons (Fsp3) is 0.474. The van der Waals surface area contributed by atoms with E-state index in [4.69, 9.17) is 14.2 Å². The van der Waals surface area contributed by atoms with Crippen molar-refractivity contribution in [2.24, 2.45) is 0 Å². The Morgan fingerprint density at radius 1 is 1.35 bits per heavy atom. The van der Waals surface area contributed by atoms with Gasteiger partial charge in [-0.25, -0.2) is 4.98 Å². The molecule has 2 aromatic rings. The first kappa shape index (κ1) is 18.7. The van der Waals surface area contributed by atoms with Crippen molar-refractivity contribution in [3.63, 3.8) is 0 Å². The van der Waals surface area contributed by atoms with Gasteiger partial charge in [0, 0.05) is 17.0 Å². The summed E-state index contributed by atoms with van der Waals surface area (Å²) in [5, 5.41) is 4.00. The van der Waals surface area contributed by atoms with Crippen LogP contribution in [0.15, 0.2) is 18.2 Å². The molecule has 0 saturated carbocycles. The zero-order valence-electron chi connectivity index (χ0n) is 15.3. The lowest BCUT2D eigenvalue weighted by Crippen LogP contribution is -2.41. The number of carbonyl (C=O) groups is 1. The number of amides is 1. The summed E-state index contributed by atoms with van der Waals surface area (Å²) in [7, 11) is 3.21. The Morgan fingerprint density at radius 3 is 2.85 bits per heavy atom. The Kier molecular flexibility index (Phi) is 6.11. The molecule has 1 atom stereocenters. The highest BCUT2D eigenvalue weighted by Crippen LogP contribution is 2.35. The Hall–Kier alpha value is -2.12. The number of nitrogens with zero attached hydrogens (tertiary/aromatic N) is 1. The van der Waals surface area contributed by atoms with E-state index < -0.39 is 0 Å². The van der Waals surface area contributed by atoms with Gasteiger partial charge in [0.2, 0.25) is 5.91 Å². The van der Waals surface area contributed by atoms with E-state index in [0.717, 1.165) is 40.6 Å². The molecule has 0 unspecified atom stereocenters. The molecule has 1 N–H and O–H groups in total. The molecule has 1 aromatic heterocycles. The highest BCUT2D eigenvalue weighted by molar-refractivity contribution is 7.12. The number of rotatable bonds is 6. The third-order valence-electron chi connectivity index (χ3n) is 4.31. The van der Waals surface area contributed by atoms with Crippen LogP contribution >= 0.6 is 11.3 Å². The molecule has 0 radical (unpaired) electrons. The summed E-state index contributed by atoms with van der Waals surface area (Å²) in [5.41, 5.74) is 1.74. The third kappa shape index (κ3) is 4.34. The second-order valence-electron chi connectivity index (χ2n) is 6.23. The normalized spacial score (nSPS) is 17.0. The molecule has 2 heterocycles. The summed E-state index contributed by atoms with van der Waals surface area (Å²) in [4.78, 5) is 18.0. The van der Waals surface area contributed by atoms with Crippen LogP contribution in [0.25, 0.3) is 11.3 Å². The van der Waals surface area contributed by atoms with Gasteiger partial charge in [-0.15, -0.1) is 11.3 Å². The van der Waals surface area contributed by atoms with Crippen LogP contribution in [0.1, 0.15) is 22.7 Å². The van der Waals surface area contributed by atoms with Crippen molar-refractivity contribution in [3.8, 4) is 22.8 Å². The monoisotopic (exact) mass is 376 g/mol. The highest BCUT2D eigenvalue weighted by atomic mass is 32.1. The van der Waals surface area contributed by atoms with Gasteiger partial charge >= 0.3 is 0 Å². The van der Waals surface area contributed by atoms with Crippen LogP contribution in [0, 0.1) is 6.92 Å². The number of aromatic nitrogens is 1. The van der Waals surface area contributed by atoms with E-state index >= 15 is 0 Å². The van der Waals surface area contributed by atoms with Gasteiger partial charge in [0.25, 0.3) is 0 Å². The molecule has 3 rings (SSSR count). The molecule has 0 bridgehead atoms. The number of hydrogen-bond acceptors (Lipinski definition) is 6. The summed E-state index contributed by atoms with van der Waals surface area (Å²) in [6.07, 6.45) is 2.27. The molecule has 1 aromatic carbocycles. The Balaban J connectivity index is 1.78. The molecular formula is C19H24N2O4S. The number of ether oxygens (including phenoxy) is 3. The van der Waals surface area contributed by atoms with E-state index in [1.54, 1.807) is 25.6 Å². The predicted octanol–water partition coefficient (Wildman–Crippen LogP) is 2.97. The van der Waals surface area contributed by atoms with Crippen LogP contribution in [0.4, 0.5) is 0 Å². The van der Waals surface area contributed by atoms with Gasteiger partial charge in [-0.2, -0.15) is 0 Å². The molecule has 1 aliphatic rings. The molecule has 1 fully saturated rings. The van der Waals surface area contributed by atoms with Gasteiger partial charge in [0.15, 0.2) is 11.5 Å². The van der Waals surface area contributed by atoms with Gasteiger partial charge in [0.1, 0.15) is 0 Å². The molecule has 1 amide bonds. The molecular weight excluding hydrogens is 352 g/mol. The highest BCUT2D eigenvalue weighted by Gasteiger charge is 2.20. The first-order valence-electron chi connectivity index (χ1n) is 8.66. The van der Waals surface area contributed by atoms with E-state index in [1.807, 2.05) is 25.1 Å². The molecule has 0 aliphatic carbocycles. The van der Waals surface area contributed by atoms with Crippen LogP contribution in [-0.2, 0) is 16.0 Å². The molecule has 7 heteroatoms. The minimum Gasteiger partial charge on any atom is -0.493 e. The van der Waals surface area contributed by atoms with Gasteiger partial charge in [-0.05, 0) is 38.0 Å². The number of thiazole rings is 1. The van der Waals surface area contributed by atoms with Crippen LogP contribution < -0.4 is 14.8 Å². The maximum Gasteiger partial charge on any atom is 0.225 e. The number of methoxy groups -OCH3 is 2. The Bertz CT molecular complexity index is 769. The molecule has 1 aliphatic heterocycles. The maximum absolute atomic E-state index is 12.5.